The van der Waals surface area contributed by atoms with Gasteiger partial charge in [-0.05, 0) is 43.2 Å². The van der Waals surface area contributed by atoms with Crippen LogP contribution in [-0.4, -0.2) is 48.3 Å². The summed E-state index contributed by atoms with van der Waals surface area (Å²) in [6, 6.07) is 13.9. The summed E-state index contributed by atoms with van der Waals surface area (Å²) in [5, 5.41) is 9.97. The summed E-state index contributed by atoms with van der Waals surface area (Å²) < 4.78 is 15.3. The molecule has 1 heterocycles. The van der Waals surface area contributed by atoms with E-state index in [9.17, 15) is 19.5 Å². The zero-order valence-electron chi connectivity index (χ0n) is 20.1. The summed E-state index contributed by atoms with van der Waals surface area (Å²) in [4.78, 5) is 43.7. The van der Waals surface area contributed by atoms with Gasteiger partial charge < -0.3 is 19.3 Å². The van der Waals surface area contributed by atoms with Crippen LogP contribution in [0.25, 0.3) is 6.08 Å². The number of phenols is 1. The van der Waals surface area contributed by atoms with Crippen molar-refractivity contribution < 1.29 is 33.7 Å². The molecule has 0 bridgehead atoms. The number of esters is 2. The first-order valence-electron chi connectivity index (χ1n) is 11.0. The van der Waals surface area contributed by atoms with Gasteiger partial charge in [-0.3, -0.25) is 9.69 Å². The number of rotatable bonds is 10. The van der Waals surface area contributed by atoms with E-state index in [-0.39, 0.29) is 24.7 Å². The van der Waals surface area contributed by atoms with Crippen LogP contribution >= 0.6 is 11.3 Å². The smallest absolute Gasteiger partial charge is 0.350 e. The minimum Gasteiger partial charge on any atom is -0.504 e. The molecule has 3 aromatic rings. The molecule has 1 N–H and O–H groups in total. The first kappa shape index (κ1) is 26.4. The molecule has 0 atom stereocenters. The third-order valence-electron chi connectivity index (χ3n) is 4.92. The average Bonchev–Trinajstić information content (AvgIpc) is 3.27. The number of carbonyl (C=O) groups is 3. The van der Waals surface area contributed by atoms with Crippen molar-refractivity contribution in [2.45, 2.75) is 20.4 Å². The van der Waals surface area contributed by atoms with Crippen LogP contribution < -0.4 is 9.64 Å². The third kappa shape index (κ3) is 6.92. The molecule has 9 nitrogen and oxygen atoms in total. The number of hydrogen-bond acceptors (Lipinski definition) is 9. The summed E-state index contributed by atoms with van der Waals surface area (Å²) in [5.74, 6) is -1.50. The molecule has 1 amide bonds. The fourth-order valence-corrected chi connectivity index (χ4v) is 4.11. The number of thiazole rings is 1. The van der Waals surface area contributed by atoms with Crippen LogP contribution in [0.5, 0.6) is 11.5 Å². The van der Waals surface area contributed by atoms with Crippen molar-refractivity contribution in [1.82, 2.24) is 4.98 Å². The van der Waals surface area contributed by atoms with Crippen LogP contribution in [-0.2, 0) is 25.6 Å². The Morgan fingerprint density at radius 2 is 1.86 bits per heavy atom. The predicted octanol–water partition coefficient (Wildman–Crippen LogP) is 4.13. The van der Waals surface area contributed by atoms with Gasteiger partial charge in [-0.15, -0.1) is 0 Å². The molecule has 0 aliphatic heterocycles. The first-order chi connectivity index (χ1) is 17.3. The Labute approximate surface area is 212 Å². The van der Waals surface area contributed by atoms with Crippen molar-refractivity contribution in [2.75, 3.05) is 25.2 Å². The maximum absolute atomic E-state index is 13.1. The first-order valence-corrected chi connectivity index (χ1v) is 11.8. The number of amides is 1. The van der Waals surface area contributed by atoms with E-state index >= 15 is 0 Å². The Morgan fingerprint density at radius 3 is 2.56 bits per heavy atom. The number of hydrogen-bond donors (Lipinski definition) is 1. The quantitative estimate of drug-likeness (QED) is 0.320. The van der Waals surface area contributed by atoms with Gasteiger partial charge in [-0.1, -0.05) is 47.7 Å². The molecule has 0 spiro atoms. The maximum Gasteiger partial charge on any atom is 0.350 e. The van der Waals surface area contributed by atoms with Gasteiger partial charge in [0.15, 0.2) is 23.2 Å². The van der Waals surface area contributed by atoms with Crippen molar-refractivity contribution in [3.05, 3.63) is 76.3 Å². The summed E-state index contributed by atoms with van der Waals surface area (Å²) in [6.07, 6.45) is 2.65. The molecule has 0 aliphatic carbocycles. The summed E-state index contributed by atoms with van der Waals surface area (Å²) >= 11 is 1.04. The molecular formula is C26H26N2O7S. The number of carbonyl (C=O) groups excluding carboxylic acids is 3. The van der Waals surface area contributed by atoms with Gasteiger partial charge in [0.05, 0.1) is 26.0 Å². The van der Waals surface area contributed by atoms with Crippen LogP contribution in [0.15, 0.2) is 54.6 Å². The van der Waals surface area contributed by atoms with E-state index < -0.39 is 24.5 Å². The predicted molar refractivity (Wildman–Crippen MR) is 135 cm³/mol. The molecule has 3 rings (SSSR count). The second-order valence-corrected chi connectivity index (χ2v) is 8.45. The van der Waals surface area contributed by atoms with Gasteiger partial charge in [-0.25, -0.2) is 14.6 Å². The number of aromatic hydroxyl groups is 1. The highest BCUT2D eigenvalue weighted by Crippen LogP contribution is 2.29. The van der Waals surface area contributed by atoms with Crippen LogP contribution in [0.4, 0.5) is 5.13 Å². The molecule has 188 valence electrons. The summed E-state index contributed by atoms with van der Waals surface area (Å²) in [7, 11) is 1.42. The molecule has 10 heteroatoms. The molecule has 0 fully saturated rings. The minimum atomic E-state index is -0.724. The van der Waals surface area contributed by atoms with E-state index in [2.05, 4.69) is 4.98 Å². The zero-order chi connectivity index (χ0) is 26.1. The number of benzene rings is 2. The number of nitrogens with zero attached hydrogens (tertiary/aromatic N) is 2. The van der Waals surface area contributed by atoms with Crippen molar-refractivity contribution in [3.8, 4) is 11.5 Å². The lowest BCUT2D eigenvalue weighted by Gasteiger charge is -2.19. The topological polar surface area (TPSA) is 115 Å². The summed E-state index contributed by atoms with van der Waals surface area (Å²) in [6.45, 7) is 3.25. The lowest BCUT2D eigenvalue weighted by molar-refractivity contribution is -0.142. The second-order valence-electron chi connectivity index (χ2n) is 7.47. The van der Waals surface area contributed by atoms with Crippen molar-refractivity contribution in [1.29, 1.82) is 0 Å². The Kier molecular flexibility index (Phi) is 9.18. The second kappa shape index (κ2) is 12.5. The molecular weight excluding hydrogens is 484 g/mol. The number of methoxy groups -OCH3 is 1. The van der Waals surface area contributed by atoms with Gasteiger partial charge in [-0.2, -0.15) is 0 Å². The van der Waals surface area contributed by atoms with Crippen molar-refractivity contribution >= 4 is 40.4 Å². The van der Waals surface area contributed by atoms with Gasteiger partial charge in [0.2, 0.25) is 0 Å². The number of aryl methyl sites for hydroxylation is 1. The number of ether oxygens (including phenoxy) is 3. The van der Waals surface area contributed by atoms with Gasteiger partial charge >= 0.3 is 11.9 Å². The van der Waals surface area contributed by atoms with E-state index in [0.717, 1.165) is 16.9 Å². The molecule has 0 saturated carbocycles. The normalized spacial score (nSPS) is 10.8. The van der Waals surface area contributed by atoms with Crippen molar-refractivity contribution in [3.63, 3.8) is 0 Å². The number of phenolic OH excluding ortho intramolecular Hbond substituents is 1. The van der Waals surface area contributed by atoms with Crippen LogP contribution in [0.2, 0.25) is 0 Å². The third-order valence-corrected chi connectivity index (χ3v) is 6.08. The largest absolute Gasteiger partial charge is 0.504 e. The lowest BCUT2D eigenvalue weighted by atomic mass is 10.2. The van der Waals surface area contributed by atoms with Gasteiger partial charge in [0.25, 0.3) is 5.91 Å². The monoisotopic (exact) mass is 510 g/mol. The average molecular weight is 511 g/mol. The van der Waals surface area contributed by atoms with E-state index in [1.165, 1.54) is 30.2 Å². The van der Waals surface area contributed by atoms with E-state index in [1.54, 1.807) is 26.0 Å². The van der Waals surface area contributed by atoms with Gasteiger partial charge in [0, 0.05) is 6.08 Å². The highest BCUT2D eigenvalue weighted by atomic mass is 32.1. The summed E-state index contributed by atoms with van der Waals surface area (Å²) in [5.41, 5.74) is 1.89. The SMILES string of the molecule is CCOC(=O)c1sc(N(Cc2ccccc2)C(=O)COC(=O)/C=C/c2ccc(O)c(OC)c2)nc1C. The molecule has 0 aliphatic rings. The molecule has 0 saturated heterocycles. The van der Waals surface area contributed by atoms with Crippen LogP contribution in [0.3, 0.4) is 0 Å². The maximum atomic E-state index is 13.1. The standard InChI is InChI=1S/C26H26N2O7S/c1-4-34-25(32)24-17(2)27-26(36-24)28(15-19-8-6-5-7-9-19)22(30)16-35-23(31)13-11-18-10-12-20(29)21(14-18)33-3/h5-14,29H,4,15-16H2,1-3H3/b13-11+. The zero-order valence-corrected chi connectivity index (χ0v) is 20.9. The Hall–Kier alpha value is -4.18. The molecule has 2 aromatic carbocycles. The minimum absolute atomic E-state index is 0.0233. The lowest BCUT2D eigenvalue weighted by Crippen LogP contribution is -2.34. The highest BCUT2D eigenvalue weighted by molar-refractivity contribution is 7.17. The molecule has 36 heavy (non-hydrogen) atoms. The fourth-order valence-electron chi connectivity index (χ4n) is 3.13. The highest BCUT2D eigenvalue weighted by Gasteiger charge is 2.25. The Morgan fingerprint density at radius 1 is 1.11 bits per heavy atom. The van der Waals surface area contributed by atoms with Crippen LogP contribution in [0, 0.1) is 6.92 Å². The molecule has 1 aromatic heterocycles. The van der Waals surface area contributed by atoms with E-state index in [0.29, 0.717) is 21.3 Å². The number of anilines is 1. The van der Waals surface area contributed by atoms with Gasteiger partial charge in [0.1, 0.15) is 4.88 Å². The van der Waals surface area contributed by atoms with Crippen molar-refractivity contribution in [2.24, 2.45) is 0 Å². The fraction of sp³-hybridized carbons (Fsp3) is 0.231. The Bertz CT molecular complexity index is 1250. The number of aromatic nitrogens is 1. The Balaban J connectivity index is 1.73. The van der Waals surface area contributed by atoms with Crippen LogP contribution in [0.1, 0.15) is 33.4 Å². The molecule has 0 unspecified atom stereocenters. The molecule has 0 radical (unpaired) electrons. The van der Waals surface area contributed by atoms with E-state index in [4.69, 9.17) is 14.2 Å². The van der Waals surface area contributed by atoms with E-state index in [1.807, 2.05) is 30.3 Å².